The van der Waals surface area contributed by atoms with E-state index in [0.29, 0.717) is 16.9 Å². The van der Waals surface area contributed by atoms with Gasteiger partial charge >= 0.3 is 0 Å². The second-order valence-electron chi connectivity index (χ2n) is 8.98. The average molecular weight is 455 g/mol. The Bertz CT molecular complexity index is 1420. The number of fused-ring (bicyclic) bond motifs is 1. The molecule has 0 fully saturated rings. The van der Waals surface area contributed by atoms with E-state index in [1.165, 1.54) is 0 Å². The maximum Gasteiger partial charge on any atom is 0.270 e. The lowest BCUT2D eigenvalue weighted by Gasteiger charge is -2.26. The minimum absolute atomic E-state index is 0.213. The summed E-state index contributed by atoms with van der Waals surface area (Å²) in [7, 11) is 0. The first-order valence-electron chi connectivity index (χ1n) is 11.0. The first kappa shape index (κ1) is 23.1. The van der Waals surface area contributed by atoms with Crippen molar-refractivity contribution in [1.29, 1.82) is 5.26 Å². The van der Waals surface area contributed by atoms with Crippen LogP contribution in [0, 0.1) is 25.2 Å². The molecule has 3 heterocycles. The van der Waals surface area contributed by atoms with E-state index in [9.17, 15) is 15.2 Å². The number of hydrogen-bond donors (Lipinski definition) is 2. The van der Waals surface area contributed by atoms with Gasteiger partial charge in [0.05, 0.1) is 28.8 Å². The smallest absolute Gasteiger partial charge is 0.270 e. The van der Waals surface area contributed by atoms with Gasteiger partial charge in [0.25, 0.3) is 5.91 Å². The van der Waals surface area contributed by atoms with Crippen LogP contribution in [0.15, 0.2) is 48.7 Å². The Morgan fingerprint density at radius 1 is 1.12 bits per heavy atom. The quantitative estimate of drug-likeness (QED) is 0.473. The normalized spacial score (nSPS) is 12.4. The van der Waals surface area contributed by atoms with Gasteiger partial charge in [0.1, 0.15) is 11.4 Å². The highest BCUT2D eigenvalue weighted by molar-refractivity contribution is 5.95. The third-order valence-corrected chi connectivity index (χ3v) is 5.76. The number of aromatic nitrogens is 4. The summed E-state index contributed by atoms with van der Waals surface area (Å²) in [6.45, 7) is 8.85. The van der Waals surface area contributed by atoms with Crippen molar-refractivity contribution in [1.82, 2.24) is 24.9 Å². The van der Waals surface area contributed by atoms with Crippen LogP contribution < -0.4 is 5.32 Å². The van der Waals surface area contributed by atoms with Crippen LogP contribution in [0.25, 0.3) is 28.0 Å². The predicted octanol–water partition coefficient (Wildman–Crippen LogP) is 3.84. The number of carbonyl (C=O) groups is 1. The predicted molar refractivity (Wildman–Crippen MR) is 129 cm³/mol. The largest absolute Gasteiger partial charge is 0.388 e. The van der Waals surface area contributed by atoms with Crippen molar-refractivity contribution in [2.24, 2.45) is 0 Å². The summed E-state index contributed by atoms with van der Waals surface area (Å²) in [6, 6.07) is 14.4. The van der Waals surface area contributed by atoms with E-state index in [1.54, 1.807) is 49.7 Å². The fourth-order valence-electron chi connectivity index (χ4n) is 3.69. The monoisotopic (exact) mass is 454 g/mol. The summed E-state index contributed by atoms with van der Waals surface area (Å²) < 4.78 is 1.63. The minimum Gasteiger partial charge on any atom is -0.388 e. The van der Waals surface area contributed by atoms with Crippen LogP contribution in [-0.2, 0) is 0 Å². The Hall–Kier alpha value is -4.09. The molecule has 4 aromatic rings. The zero-order valence-electron chi connectivity index (χ0n) is 19.8. The summed E-state index contributed by atoms with van der Waals surface area (Å²) >= 11 is 0. The second kappa shape index (κ2) is 8.69. The Morgan fingerprint density at radius 3 is 2.47 bits per heavy atom. The van der Waals surface area contributed by atoms with Gasteiger partial charge in [0, 0.05) is 23.1 Å². The SMILES string of the molecule is Cc1cc(-c2c(-c3cccc(C#N)c3)nn3ccc(C(=O)NC(C)C(C)(C)O)nc23)cc(C)n1. The van der Waals surface area contributed by atoms with Gasteiger partial charge in [0.15, 0.2) is 5.65 Å². The molecule has 8 heteroatoms. The van der Waals surface area contributed by atoms with E-state index in [1.807, 2.05) is 38.1 Å². The first-order chi connectivity index (χ1) is 16.1. The van der Waals surface area contributed by atoms with Crippen molar-refractivity contribution in [2.75, 3.05) is 0 Å². The van der Waals surface area contributed by atoms with Crippen molar-refractivity contribution < 1.29 is 9.90 Å². The Morgan fingerprint density at radius 2 is 1.82 bits per heavy atom. The van der Waals surface area contributed by atoms with Gasteiger partial charge < -0.3 is 10.4 Å². The molecule has 1 unspecified atom stereocenters. The molecular weight excluding hydrogens is 428 g/mol. The maximum absolute atomic E-state index is 12.9. The molecule has 172 valence electrons. The van der Waals surface area contributed by atoms with E-state index >= 15 is 0 Å². The summed E-state index contributed by atoms with van der Waals surface area (Å²) in [5.74, 6) is -0.389. The molecule has 0 radical (unpaired) electrons. The zero-order chi connectivity index (χ0) is 24.6. The number of aliphatic hydroxyl groups is 1. The topological polar surface area (TPSA) is 116 Å². The number of pyridine rings is 1. The fourth-order valence-corrected chi connectivity index (χ4v) is 3.69. The van der Waals surface area contributed by atoms with Gasteiger partial charge in [-0.3, -0.25) is 9.78 Å². The summed E-state index contributed by atoms with van der Waals surface area (Å²) in [5.41, 5.74) is 4.89. The third-order valence-electron chi connectivity index (χ3n) is 5.76. The van der Waals surface area contributed by atoms with Crippen molar-refractivity contribution in [3.05, 3.63) is 71.3 Å². The van der Waals surface area contributed by atoms with E-state index in [4.69, 9.17) is 5.10 Å². The van der Waals surface area contributed by atoms with E-state index in [-0.39, 0.29) is 11.6 Å². The van der Waals surface area contributed by atoms with Gasteiger partial charge in [0.2, 0.25) is 0 Å². The number of nitriles is 1. The summed E-state index contributed by atoms with van der Waals surface area (Å²) in [4.78, 5) is 22.0. The molecule has 0 aliphatic rings. The third kappa shape index (κ3) is 4.51. The second-order valence-corrected chi connectivity index (χ2v) is 8.98. The van der Waals surface area contributed by atoms with E-state index < -0.39 is 11.6 Å². The van der Waals surface area contributed by atoms with Crippen LogP contribution in [-0.4, -0.2) is 42.2 Å². The molecule has 1 atom stereocenters. The molecule has 34 heavy (non-hydrogen) atoms. The van der Waals surface area contributed by atoms with Gasteiger partial charge in [-0.1, -0.05) is 12.1 Å². The summed E-state index contributed by atoms with van der Waals surface area (Å²) in [5, 5.41) is 27.1. The number of hydrogen-bond acceptors (Lipinski definition) is 6. The van der Waals surface area contributed by atoms with Crippen LogP contribution in [0.1, 0.15) is 48.2 Å². The number of benzene rings is 1. The highest BCUT2D eigenvalue weighted by Crippen LogP contribution is 2.35. The highest BCUT2D eigenvalue weighted by atomic mass is 16.3. The molecule has 0 bridgehead atoms. The number of amides is 1. The van der Waals surface area contributed by atoms with Gasteiger partial charge in [-0.15, -0.1) is 0 Å². The van der Waals surface area contributed by atoms with E-state index in [0.717, 1.165) is 28.1 Å². The molecule has 8 nitrogen and oxygen atoms in total. The van der Waals surface area contributed by atoms with Crippen molar-refractivity contribution in [3.8, 4) is 28.5 Å². The molecule has 0 aliphatic heterocycles. The van der Waals surface area contributed by atoms with Gasteiger partial charge in [-0.25, -0.2) is 9.50 Å². The number of aryl methyl sites for hydroxylation is 2. The van der Waals surface area contributed by atoms with Gasteiger partial charge in [-0.05, 0) is 70.5 Å². The standard InChI is InChI=1S/C26H26N6O2/c1-15-11-20(12-16(2)28-15)22-23(19-8-6-7-18(13-19)14-27)31-32-10-9-21(30-24(22)32)25(33)29-17(3)26(4,5)34/h6-13,17,34H,1-5H3,(H,29,33). The number of nitrogens with zero attached hydrogens (tertiary/aromatic N) is 5. The number of carbonyl (C=O) groups excluding carboxylic acids is 1. The molecule has 0 aliphatic carbocycles. The molecule has 4 rings (SSSR count). The highest BCUT2D eigenvalue weighted by Gasteiger charge is 2.26. The molecule has 1 amide bonds. The lowest BCUT2D eigenvalue weighted by atomic mass is 9.99. The van der Waals surface area contributed by atoms with Crippen LogP contribution in [0.2, 0.25) is 0 Å². The Balaban J connectivity index is 1.92. The lowest BCUT2D eigenvalue weighted by molar-refractivity contribution is 0.0407. The van der Waals surface area contributed by atoms with Crippen molar-refractivity contribution in [3.63, 3.8) is 0 Å². The molecule has 2 N–H and O–H groups in total. The molecule has 3 aromatic heterocycles. The van der Waals surface area contributed by atoms with Crippen molar-refractivity contribution in [2.45, 2.75) is 46.3 Å². The molecular formula is C26H26N6O2. The number of nitrogens with one attached hydrogen (secondary N) is 1. The summed E-state index contributed by atoms with van der Waals surface area (Å²) in [6.07, 6.45) is 1.69. The molecule has 1 aromatic carbocycles. The van der Waals surface area contributed by atoms with Crippen LogP contribution in [0.4, 0.5) is 0 Å². The molecule has 0 saturated carbocycles. The van der Waals surface area contributed by atoms with Crippen molar-refractivity contribution >= 4 is 11.6 Å². The molecule has 0 spiro atoms. The van der Waals surface area contributed by atoms with Crippen LogP contribution in [0.5, 0.6) is 0 Å². The van der Waals surface area contributed by atoms with Crippen LogP contribution in [0.3, 0.4) is 0 Å². The molecule has 0 saturated heterocycles. The Kier molecular flexibility index (Phi) is 5.90. The first-order valence-corrected chi connectivity index (χ1v) is 11.0. The Labute approximate surface area is 197 Å². The number of rotatable bonds is 5. The minimum atomic E-state index is -1.08. The zero-order valence-corrected chi connectivity index (χ0v) is 19.8. The van der Waals surface area contributed by atoms with Gasteiger partial charge in [-0.2, -0.15) is 10.4 Å². The maximum atomic E-state index is 12.9. The van der Waals surface area contributed by atoms with Crippen LogP contribution >= 0.6 is 0 Å². The fraction of sp³-hybridized carbons (Fsp3) is 0.269. The average Bonchev–Trinajstić information content (AvgIpc) is 3.16. The lowest BCUT2D eigenvalue weighted by Crippen LogP contribution is -2.47. The van der Waals surface area contributed by atoms with E-state index in [2.05, 4.69) is 21.4 Å².